The van der Waals surface area contributed by atoms with E-state index in [-0.39, 0.29) is 12.4 Å². The number of nitrogens with one attached hydrogen (secondary N) is 1. The van der Waals surface area contributed by atoms with E-state index in [1.165, 1.54) is 0 Å². The molecule has 0 radical (unpaired) electrons. The van der Waals surface area contributed by atoms with Gasteiger partial charge in [0.1, 0.15) is 0 Å². The molecule has 0 aliphatic heterocycles. The van der Waals surface area contributed by atoms with Crippen LogP contribution in [-0.4, -0.2) is 0 Å². The molecule has 3 aromatic carbocycles. The van der Waals surface area contributed by atoms with Gasteiger partial charge in [-0.05, 0) is 36.4 Å². The Bertz CT molecular complexity index is 678. The fraction of sp³-hybridized carbons (Fsp3) is 0. The summed E-state index contributed by atoms with van der Waals surface area (Å²) in [5.41, 5.74) is 5.77. The largest absolute Gasteiger partial charge is 0.239 e. The van der Waals surface area contributed by atoms with Crippen molar-refractivity contribution < 1.29 is 0 Å². The lowest BCUT2D eigenvalue weighted by Gasteiger charge is -2.22. The zero-order valence-corrected chi connectivity index (χ0v) is 13.2. The fourth-order valence-electron chi connectivity index (χ4n) is 2.04. The smallest absolute Gasteiger partial charge is 0.0874 e. The summed E-state index contributed by atoms with van der Waals surface area (Å²) in [7, 11) is 0. The Morgan fingerprint density at radius 1 is 0.609 bits per heavy atom. The van der Waals surface area contributed by atoms with Crippen LogP contribution < -0.4 is 10.5 Å². The number of nitrogens with zero attached hydrogens (tertiary/aromatic N) is 3. The number of hydrogen-bond acceptors (Lipinski definition) is 3. The molecular formula is C18H17ClN4. The van der Waals surface area contributed by atoms with E-state index in [4.69, 9.17) is 0 Å². The van der Waals surface area contributed by atoms with Gasteiger partial charge in [-0.1, -0.05) is 59.8 Å². The van der Waals surface area contributed by atoms with E-state index in [0.717, 1.165) is 17.1 Å². The topological polar surface area (TPSA) is 40.0 Å². The minimum absolute atomic E-state index is 0. The van der Waals surface area contributed by atoms with Crippen LogP contribution in [0.15, 0.2) is 101 Å². The molecule has 0 fully saturated rings. The van der Waals surface area contributed by atoms with Gasteiger partial charge in [0.15, 0.2) is 0 Å². The monoisotopic (exact) mass is 324 g/mol. The van der Waals surface area contributed by atoms with Gasteiger partial charge < -0.3 is 0 Å². The Hall–Kier alpha value is -2.85. The summed E-state index contributed by atoms with van der Waals surface area (Å²) in [4.78, 5) is 0. The van der Waals surface area contributed by atoms with E-state index < -0.39 is 0 Å². The van der Waals surface area contributed by atoms with E-state index in [0.29, 0.717) is 0 Å². The first-order chi connectivity index (χ1) is 10.9. The molecular weight excluding hydrogens is 308 g/mol. The summed E-state index contributed by atoms with van der Waals surface area (Å²) in [5, 5.41) is 10.1. The minimum atomic E-state index is 0. The number of hydrazine groups is 1. The first-order valence-electron chi connectivity index (χ1n) is 7.05. The Morgan fingerprint density at radius 3 is 1.52 bits per heavy atom. The predicted octanol–water partition coefficient (Wildman–Crippen LogP) is 5.45. The molecule has 0 heterocycles. The SMILES string of the molecule is Cl.c1ccc(N=NNN(c2ccccc2)c2ccccc2)cc1. The van der Waals surface area contributed by atoms with Crippen molar-refractivity contribution in [3.8, 4) is 0 Å². The van der Waals surface area contributed by atoms with Gasteiger partial charge in [-0.2, -0.15) is 5.53 Å². The van der Waals surface area contributed by atoms with Crippen molar-refractivity contribution >= 4 is 29.5 Å². The highest BCUT2D eigenvalue weighted by molar-refractivity contribution is 5.85. The maximum atomic E-state index is 4.17. The van der Waals surface area contributed by atoms with Crippen LogP contribution in [0.3, 0.4) is 0 Å². The lowest BCUT2D eigenvalue weighted by atomic mass is 10.2. The lowest BCUT2D eigenvalue weighted by Crippen LogP contribution is -2.28. The van der Waals surface area contributed by atoms with Gasteiger partial charge >= 0.3 is 0 Å². The Morgan fingerprint density at radius 2 is 1.04 bits per heavy atom. The molecule has 0 saturated heterocycles. The van der Waals surface area contributed by atoms with Gasteiger partial charge in [0, 0.05) is 0 Å². The van der Waals surface area contributed by atoms with Gasteiger partial charge in [-0.15, -0.1) is 17.5 Å². The number of anilines is 2. The number of benzene rings is 3. The second-order valence-corrected chi connectivity index (χ2v) is 4.64. The van der Waals surface area contributed by atoms with E-state index in [9.17, 15) is 0 Å². The molecule has 0 saturated carbocycles. The van der Waals surface area contributed by atoms with Gasteiger partial charge in [-0.25, -0.2) is 5.01 Å². The first kappa shape index (κ1) is 16.5. The molecule has 0 unspecified atom stereocenters. The highest BCUT2D eigenvalue weighted by Gasteiger charge is 2.07. The standard InChI is InChI=1S/C18H16N4.ClH/c1-4-10-16(11-5-1)19-20-21-22(17-12-6-2-7-13-17)18-14-8-3-9-15-18;/h1-15H,(H,19,21);1H. The van der Waals surface area contributed by atoms with Crippen molar-refractivity contribution in [2.24, 2.45) is 10.3 Å². The zero-order chi connectivity index (χ0) is 15.0. The second-order valence-electron chi connectivity index (χ2n) is 4.64. The molecule has 3 aromatic rings. The fourth-order valence-corrected chi connectivity index (χ4v) is 2.04. The molecule has 0 bridgehead atoms. The molecule has 0 aliphatic rings. The van der Waals surface area contributed by atoms with Crippen LogP contribution in [0.4, 0.5) is 17.1 Å². The van der Waals surface area contributed by atoms with Gasteiger partial charge in [0.05, 0.1) is 17.1 Å². The summed E-state index contributed by atoms with van der Waals surface area (Å²) < 4.78 is 0. The van der Waals surface area contributed by atoms with E-state index in [1.54, 1.807) is 0 Å². The van der Waals surface area contributed by atoms with Gasteiger partial charge in [0.2, 0.25) is 0 Å². The molecule has 0 amide bonds. The van der Waals surface area contributed by atoms with Gasteiger partial charge in [0.25, 0.3) is 0 Å². The third-order valence-corrected chi connectivity index (χ3v) is 3.10. The average molecular weight is 325 g/mol. The minimum Gasteiger partial charge on any atom is -0.239 e. The zero-order valence-electron chi connectivity index (χ0n) is 12.4. The van der Waals surface area contributed by atoms with Gasteiger partial charge in [-0.3, -0.25) is 0 Å². The molecule has 23 heavy (non-hydrogen) atoms. The highest BCUT2D eigenvalue weighted by atomic mass is 35.5. The molecule has 3 rings (SSSR count). The summed E-state index contributed by atoms with van der Waals surface area (Å²) >= 11 is 0. The highest BCUT2D eigenvalue weighted by Crippen LogP contribution is 2.22. The number of rotatable bonds is 5. The molecule has 0 aromatic heterocycles. The molecule has 4 nitrogen and oxygen atoms in total. The van der Waals surface area contributed by atoms with Crippen molar-refractivity contribution in [1.82, 2.24) is 5.53 Å². The van der Waals surface area contributed by atoms with Crippen LogP contribution in [0.2, 0.25) is 0 Å². The maximum absolute atomic E-state index is 4.17. The Balaban J connectivity index is 0.00000192. The van der Waals surface area contributed by atoms with Crippen LogP contribution in [0.1, 0.15) is 0 Å². The summed E-state index contributed by atoms with van der Waals surface area (Å²) in [6, 6.07) is 29.6. The summed E-state index contributed by atoms with van der Waals surface area (Å²) in [6.45, 7) is 0. The molecule has 5 heteroatoms. The van der Waals surface area contributed by atoms with Crippen LogP contribution in [0, 0.1) is 0 Å². The molecule has 0 aliphatic carbocycles. The maximum Gasteiger partial charge on any atom is 0.0874 e. The number of para-hydroxylation sites is 2. The number of halogens is 1. The third kappa shape index (κ3) is 4.56. The average Bonchev–Trinajstić information content (AvgIpc) is 2.61. The normalized spacial score (nSPS) is 10.1. The van der Waals surface area contributed by atoms with E-state index in [2.05, 4.69) is 15.9 Å². The quantitative estimate of drug-likeness (QED) is 0.500. The van der Waals surface area contributed by atoms with Crippen molar-refractivity contribution in [3.63, 3.8) is 0 Å². The van der Waals surface area contributed by atoms with Crippen molar-refractivity contribution in [2.45, 2.75) is 0 Å². The second kappa shape index (κ2) is 8.56. The van der Waals surface area contributed by atoms with Crippen molar-refractivity contribution in [2.75, 3.05) is 5.01 Å². The predicted molar refractivity (Wildman–Crippen MR) is 96.4 cm³/mol. The summed E-state index contributed by atoms with van der Waals surface area (Å²) in [5.74, 6) is 0. The molecule has 116 valence electrons. The molecule has 0 atom stereocenters. The molecule has 1 N–H and O–H groups in total. The molecule has 0 spiro atoms. The van der Waals surface area contributed by atoms with Crippen LogP contribution in [0.5, 0.6) is 0 Å². The summed E-state index contributed by atoms with van der Waals surface area (Å²) in [6.07, 6.45) is 0. The third-order valence-electron chi connectivity index (χ3n) is 3.10. The Kier molecular flexibility index (Phi) is 6.15. The van der Waals surface area contributed by atoms with Crippen LogP contribution >= 0.6 is 12.4 Å². The van der Waals surface area contributed by atoms with Crippen molar-refractivity contribution in [1.29, 1.82) is 0 Å². The van der Waals surface area contributed by atoms with E-state index in [1.807, 2.05) is 96.0 Å². The van der Waals surface area contributed by atoms with Crippen molar-refractivity contribution in [3.05, 3.63) is 91.0 Å². The first-order valence-corrected chi connectivity index (χ1v) is 7.05. The van der Waals surface area contributed by atoms with E-state index >= 15 is 0 Å². The number of hydrogen-bond donors (Lipinski definition) is 1. The van der Waals surface area contributed by atoms with Crippen LogP contribution in [-0.2, 0) is 0 Å². The Labute approximate surface area is 141 Å². The van der Waals surface area contributed by atoms with Crippen LogP contribution in [0.25, 0.3) is 0 Å². The lowest BCUT2D eigenvalue weighted by molar-refractivity contribution is 0.712.